The van der Waals surface area contributed by atoms with Crippen LogP contribution in [-0.4, -0.2) is 32.3 Å². The molecule has 3 nitrogen and oxygen atoms in total. The molecule has 1 atom stereocenters. The van der Waals surface area contributed by atoms with Crippen LogP contribution in [0.3, 0.4) is 0 Å². The number of benzene rings is 1. The van der Waals surface area contributed by atoms with Gasteiger partial charge in [0.25, 0.3) is 0 Å². The Morgan fingerprint density at radius 1 is 1.05 bits per heavy atom. The summed E-state index contributed by atoms with van der Waals surface area (Å²) in [6, 6.07) is 8.84. The molecule has 0 bridgehead atoms. The molecule has 2 fully saturated rings. The van der Waals surface area contributed by atoms with Crippen molar-refractivity contribution < 1.29 is 4.74 Å². The molecule has 104 valence electrons. The summed E-state index contributed by atoms with van der Waals surface area (Å²) in [5.41, 5.74) is 2.56. The second-order valence-corrected chi connectivity index (χ2v) is 5.61. The average molecular weight is 260 g/mol. The number of rotatable bonds is 4. The molecule has 3 rings (SSSR count). The summed E-state index contributed by atoms with van der Waals surface area (Å²) in [6.45, 7) is 4.29. The standard InChI is InChI=1S/C16H24N2O/c1-4-12-19-16(5-1)13-17-14-6-8-15(9-7-14)18-10-2-3-11-18/h6-9,16-17H,1-5,10-13H2. The van der Waals surface area contributed by atoms with Gasteiger partial charge in [0.05, 0.1) is 6.10 Å². The Kier molecular flexibility index (Phi) is 4.23. The lowest BCUT2D eigenvalue weighted by Gasteiger charge is -2.23. The van der Waals surface area contributed by atoms with Crippen LogP contribution in [0, 0.1) is 0 Å². The molecule has 3 heteroatoms. The number of ether oxygens (including phenoxy) is 1. The van der Waals surface area contributed by atoms with Gasteiger partial charge < -0.3 is 15.0 Å². The van der Waals surface area contributed by atoms with Crippen LogP contribution in [0.25, 0.3) is 0 Å². The van der Waals surface area contributed by atoms with Crippen molar-refractivity contribution >= 4 is 11.4 Å². The first-order valence-corrected chi connectivity index (χ1v) is 7.62. The van der Waals surface area contributed by atoms with E-state index in [4.69, 9.17) is 4.74 Å². The van der Waals surface area contributed by atoms with Crippen molar-refractivity contribution in [2.75, 3.05) is 36.5 Å². The summed E-state index contributed by atoms with van der Waals surface area (Å²) in [6.07, 6.45) is 6.78. The van der Waals surface area contributed by atoms with E-state index in [1.807, 2.05) is 0 Å². The van der Waals surface area contributed by atoms with Crippen LogP contribution in [0.15, 0.2) is 24.3 Å². The molecule has 1 aromatic carbocycles. The van der Waals surface area contributed by atoms with Gasteiger partial charge >= 0.3 is 0 Å². The molecular formula is C16H24N2O. The van der Waals surface area contributed by atoms with E-state index >= 15 is 0 Å². The van der Waals surface area contributed by atoms with Gasteiger partial charge in [0, 0.05) is 37.6 Å². The van der Waals surface area contributed by atoms with Gasteiger partial charge in [0.1, 0.15) is 0 Å². The molecule has 0 amide bonds. The third-order valence-corrected chi connectivity index (χ3v) is 4.15. The maximum atomic E-state index is 5.73. The molecular weight excluding hydrogens is 236 g/mol. The smallest absolute Gasteiger partial charge is 0.0747 e. The predicted molar refractivity (Wildman–Crippen MR) is 80.0 cm³/mol. The summed E-state index contributed by atoms with van der Waals surface area (Å²) in [5.74, 6) is 0. The van der Waals surface area contributed by atoms with Gasteiger partial charge in [-0.25, -0.2) is 0 Å². The molecule has 1 aromatic rings. The minimum Gasteiger partial charge on any atom is -0.382 e. The number of nitrogens with zero attached hydrogens (tertiary/aromatic N) is 1. The van der Waals surface area contributed by atoms with E-state index < -0.39 is 0 Å². The number of anilines is 2. The average Bonchev–Trinajstić information content (AvgIpc) is 3.01. The third-order valence-electron chi connectivity index (χ3n) is 4.15. The molecule has 0 radical (unpaired) electrons. The number of hydrogen-bond acceptors (Lipinski definition) is 3. The zero-order valence-corrected chi connectivity index (χ0v) is 11.6. The fourth-order valence-corrected chi connectivity index (χ4v) is 2.97. The number of hydrogen-bond donors (Lipinski definition) is 1. The topological polar surface area (TPSA) is 24.5 Å². The van der Waals surface area contributed by atoms with E-state index in [1.54, 1.807) is 0 Å². The highest BCUT2D eigenvalue weighted by Crippen LogP contribution is 2.22. The molecule has 0 spiro atoms. The lowest BCUT2D eigenvalue weighted by Crippen LogP contribution is -2.27. The molecule has 19 heavy (non-hydrogen) atoms. The maximum Gasteiger partial charge on any atom is 0.0747 e. The maximum absolute atomic E-state index is 5.73. The van der Waals surface area contributed by atoms with Gasteiger partial charge in [-0.2, -0.15) is 0 Å². The van der Waals surface area contributed by atoms with Crippen molar-refractivity contribution in [1.82, 2.24) is 0 Å². The van der Waals surface area contributed by atoms with Crippen LogP contribution in [0.1, 0.15) is 32.1 Å². The van der Waals surface area contributed by atoms with Crippen molar-refractivity contribution in [3.63, 3.8) is 0 Å². The van der Waals surface area contributed by atoms with Crippen LogP contribution in [0.5, 0.6) is 0 Å². The highest BCUT2D eigenvalue weighted by Gasteiger charge is 2.14. The second-order valence-electron chi connectivity index (χ2n) is 5.61. The zero-order valence-electron chi connectivity index (χ0n) is 11.6. The van der Waals surface area contributed by atoms with Crippen LogP contribution >= 0.6 is 0 Å². The van der Waals surface area contributed by atoms with Crippen molar-refractivity contribution in [1.29, 1.82) is 0 Å². The molecule has 1 unspecified atom stereocenters. The van der Waals surface area contributed by atoms with Gasteiger partial charge in [-0.1, -0.05) is 0 Å². The SMILES string of the molecule is c1cc(N2CCCC2)ccc1NCC1CCCCO1. The Morgan fingerprint density at radius 3 is 2.53 bits per heavy atom. The van der Waals surface area contributed by atoms with E-state index in [0.29, 0.717) is 6.10 Å². The third kappa shape index (κ3) is 3.41. The second kappa shape index (κ2) is 6.29. The zero-order chi connectivity index (χ0) is 12.9. The fourth-order valence-electron chi connectivity index (χ4n) is 2.97. The van der Waals surface area contributed by atoms with Gasteiger partial charge in [0.15, 0.2) is 0 Å². The van der Waals surface area contributed by atoms with Crippen LogP contribution in [0.4, 0.5) is 11.4 Å². The Bertz CT molecular complexity index is 378. The Balaban J connectivity index is 1.50. The fraction of sp³-hybridized carbons (Fsp3) is 0.625. The molecule has 0 saturated carbocycles. The minimum absolute atomic E-state index is 0.395. The first-order valence-electron chi connectivity index (χ1n) is 7.62. The van der Waals surface area contributed by atoms with E-state index in [2.05, 4.69) is 34.5 Å². The minimum atomic E-state index is 0.395. The normalized spacial score (nSPS) is 23.6. The quantitative estimate of drug-likeness (QED) is 0.899. The van der Waals surface area contributed by atoms with Gasteiger partial charge in [0.2, 0.25) is 0 Å². The molecule has 2 aliphatic heterocycles. The Morgan fingerprint density at radius 2 is 1.84 bits per heavy atom. The van der Waals surface area contributed by atoms with Gasteiger partial charge in [-0.15, -0.1) is 0 Å². The first kappa shape index (κ1) is 12.8. The van der Waals surface area contributed by atoms with Crippen molar-refractivity contribution in [3.8, 4) is 0 Å². The van der Waals surface area contributed by atoms with Crippen molar-refractivity contribution in [2.24, 2.45) is 0 Å². The van der Waals surface area contributed by atoms with E-state index in [9.17, 15) is 0 Å². The van der Waals surface area contributed by atoms with Gasteiger partial charge in [-0.3, -0.25) is 0 Å². The summed E-state index contributed by atoms with van der Waals surface area (Å²) in [7, 11) is 0. The van der Waals surface area contributed by atoms with Gasteiger partial charge in [-0.05, 0) is 56.4 Å². The highest BCUT2D eigenvalue weighted by molar-refractivity contribution is 5.55. The molecule has 2 aliphatic rings. The summed E-state index contributed by atoms with van der Waals surface area (Å²) < 4.78 is 5.73. The first-order chi connectivity index (χ1) is 9.42. The molecule has 0 aromatic heterocycles. The Labute approximate surface area is 115 Å². The van der Waals surface area contributed by atoms with E-state index in [1.165, 1.54) is 56.6 Å². The molecule has 2 saturated heterocycles. The van der Waals surface area contributed by atoms with E-state index in [0.717, 1.165) is 13.2 Å². The monoisotopic (exact) mass is 260 g/mol. The van der Waals surface area contributed by atoms with Crippen molar-refractivity contribution in [3.05, 3.63) is 24.3 Å². The predicted octanol–water partition coefficient (Wildman–Crippen LogP) is 3.27. The van der Waals surface area contributed by atoms with Crippen LogP contribution in [-0.2, 0) is 4.74 Å². The van der Waals surface area contributed by atoms with Crippen LogP contribution in [0.2, 0.25) is 0 Å². The molecule has 2 heterocycles. The molecule has 0 aliphatic carbocycles. The molecule has 1 N–H and O–H groups in total. The summed E-state index contributed by atoms with van der Waals surface area (Å²) in [5, 5.41) is 3.49. The number of nitrogens with one attached hydrogen (secondary N) is 1. The van der Waals surface area contributed by atoms with E-state index in [-0.39, 0.29) is 0 Å². The highest BCUT2D eigenvalue weighted by atomic mass is 16.5. The summed E-state index contributed by atoms with van der Waals surface area (Å²) >= 11 is 0. The van der Waals surface area contributed by atoms with Crippen LogP contribution < -0.4 is 10.2 Å². The lowest BCUT2D eigenvalue weighted by molar-refractivity contribution is 0.0247. The van der Waals surface area contributed by atoms with Crippen molar-refractivity contribution in [2.45, 2.75) is 38.2 Å². The largest absolute Gasteiger partial charge is 0.382 e. The Hall–Kier alpha value is -1.22. The summed E-state index contributed by atoms with van der Waals surface area (Å²) in [4.78, 5) is 2.47. The lowest BCUT2D eigenvalue weighted by atomic mass is 10.1.